The lowest BCUT2D eigenvalue weighted by Crippen LogP contribution is -2.16. The Labute approximate surface area is 120 Å². The van der Waals surface area contributed by atoms with Gasteiger partial charge in [-0.3, -0.25) is 4.68 Å². The van der Waals surface area contributed by atoms with Crippen LogP contribution in [0.5, 0.6) is 0 Å². The van der Waals surface area contributed by atoms with Crippen LogP contribution in [0, 0.1) is 5.92 Å². The lowest BCUT2D eigenvalue weighted by atomic mass is 10.2. The van der Waals surface area contributed by atoms with Gasteiger partial charge in [0.25, 0.3) is 0 Å². The number of sulfone groups is 1. The van der Waals surface area contributed by atoms with Crippen molar-refractivity contribution in [3.8, 4) is 0 Å². The van der Waals surface area contributed by atoms with Crippen LogP contribution in [0.25, 0.3) is 0 Å². The smallest absolute Gasteiger partial charge is 0.341 e. The van der Waals surface area contributed by atoms with E-state index < -0.39 is 15.8 Å². The second-order valence-corrected chi connectivity index (χ2v) is 7.31. The first-order valence-electron chi connectivity index (χ1n) is 6.65. The third-order valence-electron chi connectivity index (χ3n) is 2.92. The fourth-order valence-electron chi connectivity index (χ4n) is 1.71. The second kappa shape index (κ2) is 6.88. The van der Waals surface area contributed by atoms with Gasteiger partial charge >= 0.3 is 5.97 Å². The number of hydrogen-bond donors (Lipinski definition) is 0. The first-order valence-corrected chi connectivity index (χ1v) is 8.47. The van der Waals surface area contributed by atoms with Crippen molar-refractivity contribution in [2.45, 2.75) is 32.9 Å². The molecule has 0 saturated carbocycles. The minimum atomic E-state index is -3.26. The predicted molar refractivity (Wildman–Crippen MR) is 76.1 cm³/mol. The first-order chi connectivity index (χ1) is 9.26. The molecular weight excluding hydrogens is 280 g/mol. The van der Waals surface area contributed by atoms with Crippen molar-refractivity contribution in [3.63, 3.8) is 0 Å². The predicted octanol–water partition coefficient (Wildman–Crippen LogP) is 1.56. The van der Waals surface area contributed by atoms with Gasteiger partial charge in [0.1, 0.15) is 5.56 Å². The zero-order valence-corrected chi connectivity index (χ0v) is 13.2. The van der Waals surface area contributed by atoms with E-state index >= 15 is 0 Å². The van der Waals surface area contributed by atoms with E-state index in [0.29, 0.717) is 18.0 Å². The Morgan fingerprint density at radius 3 is 2.65 bits per heavy atom. The largest absolute Gasteiger partial charge is 0.462 e. The highest BCUT2D eigenvalue weighted by Gasteiger charge is 2.22. The highest BCUT2D eigenvalue weighted by Crippen LogP contribution is 2.15. The van der Waals surface area contributed by atoms with E-state index in [-0.39, 0.29) is 23.7 Å². The van der Waals surface area contributed by atoms with E-state index in [9.17, 15) is 13.2 Å². The van der Waals surface area contributed by atoms with Crippen LogP contribution in [0.3, 0.4) is 0 Å². The Bertz CT molecular complexity index is 561. The Kier molecular flexibility index (Phi) is 5.74. The molecule has 114 valence electrons. The molecule has 0 bridgehead atoms. The van der Waals surface area contributed by atoms with E-state index in [1.807, 2.05) is 13.8 Å². The number of nitrogens with zero attached hydrogens (tertiary/aromatic N) is 2. The van der Waals surface area contributed by atoms with Gasteiger partial charge < -0.3 is 4.74 Å². The maximum Gasteiger partial charge on any atom is 0.341 e. The molecule has 20 heavy (non-hydrogen) atoms. The van der Waals surface area contributed by atoms with Crippen molar-refractivity contribution >= 4 is 15.8 Å². The van der Waals surface area contributed by atoms with Crippen LogP contribution in [-0.4, -0.2) is 36.5 Å². The molecule has 1 rings (SSSR count). The van der Waals surface area contributed by atoms with Gasteiger partial charge in [-0.25, -0.2) is 13.2 Å². The third kappa shape index (κ3) is 4.63. The molecular formula is C13H22N2O4S. The van der Waals surface area contributed by atoms with Crippen molar-refractivity contribution in [2.75, 3.05) is 12.4 Å². The molecule has 6 nitrogen and oxygen atoms in total. The average molecular weight is 302 g/mol. The van der Waals surface area contributed by atoms with Gasteiger partial charge in [0.2, 0.25) is 0 Å². The molecule has 0 aromatic carbocycles. The summed E-state index contributed by atoms with van der Waals surface area (Å²) in [4.78, 5) is 11.8. The first kappa shape index (κ1) is 16.7. The van der Waals surface area contributed by atoms with Crippen molar-refractivity contribution in [3.05, 3.63) is 17.5 Å². The molecule has 0 atom stereocenters. The molecule has 0 N–H and O–H groups in total. The summed E-state index contributed by atoms with van der Waals surface area (Å²) in [5.74, 6) is -0.293. The van der Waals surface area contributed by atoms with E-state index in [2.05, 4.69) is 5.10 Å². The topological polar surface area (TPSA) is 78.3 Å². The number of aryl methyl sites for hydroxylation is 1. The number of carbonyl (C=O) groups excluding carboxylic acids is 1. The summed E-state index contributed by atoms with van der Waals surface area (Å²) in [6.45, 7) is 5.90. The monoisotopic (exact) mass is 302 g/mol. The standard InChI is InChI=1S/C13H22N2O4S/c1-5-19-13(16)11-8-14-15(4)12(11)9-20(17,18)7-6-10(2)3/h8,10H,5-7,9H2,1-4H3. The van der Waals surface area contributed by atoms with Crippen molar-refractivity contribution in [2.24, 2.45) is 13.0 Å². The lowest BCUT2D eigenvalue weighted by Gasteiger charge is -2.08. The minimum Gasteiger partial charge on any atom is -0.462 e. The molecule has 0 spiro atoms. The molecule has 0 aliphatic carbocycles. The number of carbonyl (C=O) groups is 1. The highest BCUT2D eigenvalue weighted by atomic mass is 32.2. The Morgan fingerprint density at radius 2 is 2.10 bits per heavy atom. The summed E-state index contributed by atoms with van der Waals surface area (Å²) in [5.41, 5.74) is 0.606. The van der Waals surface area contributed by atoms with E-state index in [4.69, 9.17) is 4.74 Å². The highest BCUT2D eigenvalue weighted by molar-refractivity contribution is 7.90. The SMILES string of the molecule is CCOC(=O)c1cnn(C)c1CS(=O)(=O)CCC(C)C. The van der Waals surface area contributed by atoms with Crippen LogP contribution in [0.2, 0.25) is 0 Å². The summed E-state index contributed by atoms with van der Waals surface area (Å²) in [7, 11) is -1.64. The number of aromatic nitrogens is 2. The molecule has 0 saturated heterocycles. The number of esters is 1. The van der Waals surface area contributed by atoms with Crippen molar-refractivity contribution < 1.29 is 17.9 Å². The van der Waals surface area contributed by atoms with Gasteiger partial charge in [-0.2, -0.15) is 5.10 Å². The van der Waals surface area contributed by atoms with Crippen LogP contribution >= 0.6 is 0 Å². The molecule has 0 fully saturated rings. The maximum atomic E-state index is 12.1. The molecule has 1 aromatic rings. The normalized spacial score (nSPS) is 11.8. The van der Waals surface area contributed by atoms with Gasteiger partial charge in [-0.15, -0.1) is 0 Å². The lowest BCUT2D eigenvalue weighted by molar-refractivity contribution is 0.0525. The number of ether oxygens (including phenoxy) is 1. The van der Waals surface area contributed by atoms with E-state index in [0.717, 1.165) is 0 Å². The molecule has 0 aliphatic rings. The summed E-state index contributed by atoms with van der Waals surface area (Å²) in [6.07, 6.45) is 1.96. The van der Waals surface area contributed by atoms with Crippen LogP contribution < -0.4 is 0 Å². The average Bonchev–Trinajstić information content (AvgIpc) is 2.69. The molecule has 0 aliphatic heterocycles. The fraction of sp³-hybridized carbons (Fsp3) is 0.692. The molecule has 1 aromatic heterocycles. The van der Waals surface area contributed by atoms with E-state index in [1.54, 1.807) is 14.0 Å². The molecule has 7 heteroatoms. The van der Waals surface area contributed by atoms with Gasteiger partial charge in [-0.1, -0.05) is 13.8 Å². The Morgan fingerprint density at radius 1 is 1.45 bits per heavy atom. The van der Waals surface area contributed by atoms with Crippen LogP contribution in [-0.2, 0) is 27.4 Å². The zero-order valence-electron chi connectivity index (χ0n) is 12.4. The van der Waals surface area contributed by atoms with Crippen LogP contribution in [0.4, 0.5) is 0 Å². The molecule has 1 heterocycles. The third-order valence-corrected chi connectivity index (χ3v) is 4.49. The van der Waals surface area contributed by atoms with Crippen LogP contribution in [0.1, 0.15) is 43.2 Å². The van der Waals surface area contributed by atoms with E-state index in [1.165, 1.54) is 10.9 Å². The summed E-state index contributed by atoms with van der Waals surface area (Å²) >= 11 is 0. The molecule has 0 radical (unpaired) electrons. The van der Waals surface area contributed by atoms with Gasteiger partial charge in [0, 0.05) is 7.05 Å². The van der Waals surface area contributed by atoms with Gasteiger partial charge in [-0.05, 0) is 19.3 Å². The second-order valence-electron chi connectivity index (χ2n) is 5.12. The summed E-state index contributed by atoms with van der Waals surface area (Å²) in [5, 5.41) is 3.95. The number of rotatable bonds is 7. The van der Waals surface area contributed by atoms with Crippen molar-refractivity contribution in [1.29, 1.82) is 0 Å². The maximum absolute atomic E-state index is 12.1. The zero-order chi connectivity index (χ0) is 15.3. The fourth-order valence-corrected chi connectivity index (χ4v) is 3.44. The van der Waals surface area contributed by atoms with Crippen molar-refractivity contribution in [1.82, 2.24) is 9.78 Å². The Balaban J connectivity index is 2.92. The quantitative estimate of drug-likeness (QED) is 0.714. The molecule has 0 amide bonds. The minimum absolute atomic E-state index is 0.109. The summed E-state index contributed by atoms with van der Waals surface area (Å²) < 4.78 is 30.5. The van der Waals surface area contributed by atoms with Gasteiger partial charge in [0.15, 0.2) is 9.84 Å². The van der Waals surface area contributed by atoms with Crippen LogP contribution in [0.15, 0.2) is 6.20 Å². The number of hydrogen-bond acceptors (Lipinski definition) is 5. The molecule has 0 unspecified atom stereocenters. The van der Waals surface area contributed by atoms with Gasteiger partial charge in [0.05, 0.1) is 30.0 Å². The Hall–Kier alpha value is -1.37. The summed E-state index contributed by atoms with van der Waals surface area (Å²) in [6, 6.07) is 0.